The van der Waals surface area contributed by atoms with Gasteiger partial charge in [0.05, 0.1) is 23.9 Å². The molecule has 1 spiro atoms. The second-order valence-corrected chi connectivity index (χ2v) is 10.9. The number of hydrogen-bond donors (Lipinski definition) is 2. The number of rotatable bonds is 6. The maximum Gasteiger partial charge on any atom is 0.219 e. The summed E-state index contributed by atoms with van der Waals surface area (Å²) in [7, 11) is 0. The number of amides is 1. The van der Waals surface area contributed by atoms with Crippen LogP contribution in [-0.2, 0) is 11.3 Å². The van der Waals surface area contributed by atoms with E-state index in [2.05, 4.69) is 20.3 Å². The molecule has 0 saturated carbocycles. The van der Waals surface area contributed by atoms with Crippen molar-refractivity contribution in [3.05, 3.63) is 42.4 Å². The van der Waals surface area contributed by atoms with Gasteiger partial charge < -0.3 is 20.2 Å². The molecular formula is C26H34N8O2. The zero-order chi connectivity index (χ0) is 25.5. The summed E-state index contributed by atoms with van der Waals surface area (Å²) >= 11 is 0. The highest BCUT2D eigenvalue weighted by molar-refractivity contribution is 5.73. The minimum atomic E-state index is -0.876. The molecule has 0 bridgehead atoms. The minimum Gasteiger partial charge on any atom is -0.389 e. The van der Waals surface area contributed by atoms with Gasteiger partial charge in [0.1, 0.15) is 17.5 Å². The number of carbonyl (C=O) groups is 1. The first-order valence-electron chi connectivity index (χ1n) is 12.4. The van der Waals surface area contributed by atoms with Gasteiger partial charge in [0.15, 0.2) is 5.82 Å². The molecule has 2 saturated heterocycles. The fourth-order valence-corrected chi connectivity index (χ4v) is 5.02. The Labute approximate surface area is 211 Å². The number of aliphatic hydroxyl groups is 1. The smallest absolute Gasteiger partial charge is 0.219 e. The summed E-state index contributed by atoms with van der Waals surface area (Å²) in [5.41, 5.74) is 1.25. The highest BCUT2D eigenvalue weighted by atomic mass is 16.3. The summed E-state index contributed by atoms with van der Waals surface area (Å²) in [4.78, 5) is 30.0. The van der Waals surface area contributed by atoms with E-state index in [9.17, 15) is 9.90 Å². The number of carbonyl (C=O) groups excluding carboxylic acids is 1. The highest BCUT2D eigenvalue weighted by Gasteiger charge is 2.45. The van der Waals surface area contributed by atoms with Crippen LogP contribution >= 0.6 is 0 Å². The van der Waals surface area contributed by atoms with Gasteiger partial charge in [0.2, 0.25) is 5.91 Å². The number of aromatic nitrogens is 5. The van der Waals surface area contributed by atoms with Gasteiger partial charge in [-0.2, -0.15) is 5.10 Å². The quantitative estimate of drug-likeness (QED) is 0.542. The van der Waals surface area contributed by atoms with Crippen LogP contribution < -0.4 is 10.2 Å². The predicted molar refractivity (Wildman–Crippen MR) is 138 cm³/mol. The third-order valence-electron chi connectivity index (χ3n) is 6.97. The van der Waals surface area contributed by atoms with E-state index in [4.69, 9.17) is 9.97 Å². The zero-order valence-electron chi connectivity index (χ0n) is 21.4. The summed E-state index contributed by atoms with van der Waals surface area (Å²) in [6, 6.07) is 5.90. The summed E-state index contributed by atoms with van der Waals surface area (Å²) in [6.45, 7) is 11.0. The summed E-state index contributed by atoms with van der Waals surface area (Å²) in [5, 5.41) is 17.9. The van der Waals surface area contributed by atoms with Crippen molar-refractivity contribution in [2.75, 3.05) is 36.4 Å². The van der Waals surface area contributed by atoms with Gasteiger partial charge in [0, 0.05) is 57.0 Å². The largest absolute Gasteiger partial charge is 0.389 e. The third kappa shape index (κ3) is 5.33. The highest BCUT2D eigenvalue weighted by Crippen LogP contribution is 2.42. The van der Waals surface area contributed by atoms with E-state index in [0.717, 1.165) is 61.8 Å². The maximum absolute atomic E-state index is 11.7. The molecule has 0 aromatic carbocycles. The molecule has 2 N–H and O–H groups in total. The van der Waals surface area contributed by atoms with Crippen molar-refractivity contribution < 1.29 is 9.90 Å². The van der Waals surface area contributed by atoms with Crippen LogP contribution in [-0.4, -0.2) is 72.4 Å². The fraction of sp³-hybridized carbons (Fsp3) is 0.500. The van der Waals surface area contributed by atoms with E-state index >= 15 is 0 Å². The van der Waals surface area contributed by atoms with Crippen LogP contribution in [0.25, 0.3) is 11.4 Å². The summed E-state index contributed by atoms with van der Waals surface area (Å²) < 4.78 is 1.71. The predicted octanol–water partition coefficient (Wildman–Crippen LogP) is 3.01. The Morgan fingerprint density at radius 1 is 1.17 bits per heavy atom. The molecule has 3 aromatic heterocycles. The summed E-state index contributed by atoms with van der Waals surface area (Å²) in [6.07, 6.45) is 7.40. The lowest BCUT2D eigenvalue weighted by Crippen LogP contribution is -2.61. The van der Waals surface area contributed by atoms with E-state index in [0.29, 0.717) is 18.2 Å². The van der Waals surface area contributed by atoms with Crippen LogP contribution in [0, 0.1) is 12.3 Å². The second-order valence-electron chi connectivity index (χ2n) is 10.9. The van der Waals surface area contributed by atoms with E-state index in [1.54, 1.807) is 37.8 Å². The maximum atomic E-state index is 11.7. The number of hydrogen-bond acceptors (Lipinski definition) is 8. The Bertz CT molecular complexity index is 1250. The number of anilines is 3. The Morgan fingerprint density at radius 3 is 2.58 bits per heavy atom. The average Bonchev–Trinajstić information content (AvgIpc) is 3.24. The molecule has 0 aliphatic carbocycles. The van der Waals surface area contributed by atoms with Crippen molar-refractivity contribution in [3.63, 3.8) is 0 Å². The van der Waals surface area contributed by atoms with Gasteiger partial charge in [0.25, 0.3) is 0 Å². The van der Waals surface area contributed by atoms with Crippen LogP contribution in [0.4, 0.5) is 17.5 Å². The van der Waals surface area contributed by atoms with Gasteiger partial charge in [-0.1, -0.05) is 0 Å². The van der Waals surface area contributed by atoms with Crippen LogP contribution in [0.15, 0.2) is 36.8 Å². The monoisotopic (exact) mass is 490 g/mol. The van der Waals surface area contributed by atoms with Crippen molar-refractivity contribution in [1.29, 1.82) is 0 Å². The molecule has 3 aromatic rings. The number of nitrogens with one attached hydrogen (secondary N) is 1. The van der Waals surface area contributed by atoms with Gasteiger partial charge >= 0.3 is 0 Å². The van der Waals surface area contributed by atoms with Gasteiger partial charge in [-0.05, 0) is 51.3 Å². The van der Waals surface area contributed by atoms with Crippen LogP contribution in [0.1, 0.15) is 39.2 Å². The first-order chi connectivity index (χ1) is 17.1. The molecule has 2 aliphatic heterocycles. The molecule has 10 nitrogen and oxygen atoms in total. The number of piperidine rings is 1. The number of likely N-dealkylation sites (tertiary alicyclic amines) is 1. The van der Waals surface area contributed by atoms with Crippen molar-refractivity contribution in [1.82, 2.24) is 29.6 Å². The SMILES string of the molecule is CC(=O)N1CCC2(CC1)CN(c1cc(Nc3cc(C)ccn3)nc(-c3cnn(CC(C)(C)O)c3)n1)C2. The fourth-order valence-electron chi connectivity index (χ4n) is 5.02. The van der Waals surface area contributed by atoms with E-state index in [-0.39, 0.29) is 11.3 Å². The van der Waals surface area contributed by atoms with Crippen LogP contribution in [0.3, 0.4) is 0 Å². The van der Waals surface area contributed by atoms with Crippen molar-refractivity contribution in [2.45, 2.75) is 52.7 Å². The lowest BCUT2D eigenvalue weighted by molar-refractivity contribution is -0.131. The molecule has 0 atom stereocenters. The Hall–Kier alpha value is -3.53. The average molecular weight is 491 g/mol. The summed E-state index contributed by atoms with van der Waals surface area (Å²) in [5.74, 6) is 2.96. The van der Waals surface area contributed by atoms with Crippen molar-refractivity contribution in [3.8, 4) is 11.4 Å². The van der Waals surface area contributed by atoms with Crippen LogP contribution in [0.5, 0.6) is 0 Å². The first-order valence-corrected chi connectivity index (χ1v) is 12.4. The molecule has 0 unspecified atom stereocenters. The molecule has 2 aliphatic rings. The van der Waals surface area contributed by atoms with E-state index in [1.165, 1.54) is 0 Å². The van der Waals surface area contributed by atoms with Gasteiger partial charge in [-0.25, -0.2) is 15.0 Å². The first kappa shape index (κ1) is 24.2. The Balaban J connectivity index is 1.40. The van der Waals surface area contributed by atoms with E-state index < -0.39 is 5.60 Å². The lowest BCUT2D eigenvalue weighted by atomic mass is 9.72. The molecule has 190 valence electrons. The molecule has 5 heterocycles. The normalized spacial score (nSPS) is 17.2. The number of pyridine rings is 1. The van der Waals surface area contributed by atoms with Crippen molar-refractivity contribution in [2.24, 2.45) is 5.41 Å². The third-order valence-corrected chi connectivity index (χ3v) is 6.97. The number of nitrogens with zero attached hydrogens (tertiary/aromatic N) is 7. The zero-order valence-corrected chi connectivity index (χ0v) is 21.4. The molecule has 2 fully saturated rings. The minimum absolute atomic E-state index is 0.159. The molecule has 36 heavy (non-hydrogen) atoms. The second kappa shape index (κ2) is 9.16. The molecule has 1 amide bonds. The Kier molecular flexibility index (Phi) is 6.15. The van der Waals surface area contributed by atoms with Gasteiger partial charge in [-0.3, -0.25) is 9.48 Å². The number of aryl methyl sites for hydroxylation is 1. The Morgan fingerprint density at radius 2 is 1.92 bits per heavy atom. The standard InChI is InChI=1S/C26H34N8O2/c1-18-5-8-27-21(11-18)29-22-12-23(33-16-26(17-33)6-9-32(10-7-26)19(2)35)31-24(30-22)20-13-28-34(14-20)15-25(3,4)36/h5,8,11-14,36H,6-7,9-10,15-17H2,1-4H3,(H,27,29,30,31). The van der Waals surface area contributed by atoms with Gasteiger partial charge in [-0.15, -0.1) is 0 Å². The topological polar surface area (TPSA) is 112 Å². The molecule has 10 heteroatoms. The molecule has 5 rings (SSSR count). The lowest BCUT2D eigenvalue weighted by Gasteiger charge is -2.54. The van der Waals surface area contributed by atoms with Crippen molar-refractivity contribution >= 4 is 23.4 Å². The van der Waals surface area contributed by atoms with E-state index in [1.807, 2.05) is 36.2 Å². The molecule has 0 radical (unpaired) electrons. The molecular weight excluding hydrogens is 456 g/mol. The van der Waals surface area contributed by atoms with Crippen LogP contribution in [0.2, 0.25) is 0 Å².